The lowest BCUT2D eigenvalue weighted by Crippen LogP contribution is -2.60. The second-order valence-corrected chi connectivity index (χ2v) is 11.0. The number of alkyl halides is 3. The van der Waals surface area contributed by atoms with Crippen LogP contribution in [0.1, 0.15) is 42.9 Å². The molecule has 2 aromatic rings. The highest BCUT2D eigenvalue weighted by atomic mass is 32.2. The molecule has 2 saturated heterocycles. The van der Waals surface area contributed by atoms with Crippen molar-refractivity contribution in [3.63, 3.8) is 0 Å². The molecule has 1 aromatic heterocycles. The maximum Gasteiger partial charge on any atom is 0.416 e. The molecule has 1 aromatic carbocycles. The normalized spacial score (nSPS) is 19.9. The summed E-state index contributed by atoms with van der Waals surface area (Å²) < 4.78 is 69.9. The monoisotopic (exact) mass is 513 g/mol. The van der Waals surface area contributed by atoms with E-state index in [2.05, 4.69) is 4.98 Å². The number of halogens is 3. The molecule has 2 N–H and O–H groups in total. The van der Waals surface area contributed by atoms with Crippen molar-refractivity contribution in [2.45, 2.75) is 42.5 Å². The largest absolute Gasteiger partial charge is 0.416 e. The van der Waals surface area contributed by atoms with Crippen LogP contribution in [0.3, 0.4) is 0 Å². The molecule has 8 nitrogen and oxygen atoms in total. The summed E-state index contributed by atoms with van der Waals surface area (Å²) in [5, 5.41) is 9.18. The summed E-state index contributed by atoms with van der Waals surface area (Å²) in [6.07, 6.45) is -1.86. The number of piperidine rings is 1. The van der Waals surface area contributed by atoms with Gasteiger partial charge in [-0.1, -0.05) is 18.2 Å². The molecule has 2 aliphatic rings. The molecular weight excluding hydrogens is 487 g/mol. The maximum absolute atomic E-state index is 13.4. The fourth-order valence-corrected chi connectivity index (χ4v) is 6.86. The highest BCUT2D eigenvalue weighted by Crippen LogP contribution is 2.37. The average Bonchev–Trinajstić information content (AvgIpc) is 2.88. The summed E-state index contributed by atoms with van der Waals surface area (Å²) in [6, 6.07) is 8.45. The van der Waals surface area contributed by atoms with Crippen LogP contribution in [0.5, 0.6) is 0 Å². The van der Waals surface area contributed by atoms with Gasteiger partial charge in [-0.25, -0.2) is 18.2 Å². The van der Waals surface area contributed by atoms with Crippen LogP contribution < -0.4 is 5.48 Å². The van der Waals surface area contributed by atoms with Crippen LogP contribution in [0.15, 0.2) is 42.6 Å². The Hall–Kier alpha value is -2.54. The number of carbonyl (C=O) groups excluding carboxylic acids is 1. The molecule has 0 bridgehead atoms. The van der Waals surface area contributed by atoms with E-state index in [1.807, 2.05) is 0 Å². The number of nitrogens with one attached hydrogen (secondary N) is 1. The predicted octanol–water partition coefficient (Wildman–Crippen LogP) is 3.33. The molecule has 12 heteroatoms. The first-order valence-corrected chi connectivity index (χ1v) is 12.7. The molecule has 0 atom stereocenters. The predicted molar refractivity (Wildman–Crippen MR) is 120 cm³/mol. The second kappa shape index (κ2) is 9.84. The van der Waals surface area contributed by atoms with E-state index in [0.29, 0.717) is 24.0 Å². The zero-order chi connectivity index (χ0) is 25.3. The van der Waals surface area contributed by atoms with Gasteiger partial charge in [-0.05, 0) is 36.6 Å². The van der Waals surface area contributed by atoms with Crippen molar-refractivity contribution >= 4 is 15.9 Å². The fraction of sp³-hybridized carbons (Fsp3) is 0.478. The van der Waals surface area contributed by atoms with Crippen molar-refractivity contribution in [3.05, 3.63) is 53.9 Å². The molecule has 0 radical (unpaired) electrons. The highest BCUT2D eigenvalue weighted by Gasteiger charge is 2.54. The number of ether oxygens (including phenoxy) is 1. The SMILES string of the molecule is O=C(NO)C1(S(=O)(=O)N2CCC(c3ccc(-c4ccc(C(F)(F)F)cc4)cn3)CC2)CCOCC1. The van der Waals surface area contributed by atoms with E-state index in [-0.39, 0.29) is 45.1 Å². The van der Waals surface area contributed by atoms with Gasteiger partial charge >= 0.3 is 6.18 Å². The van der Waals surface area contributed by atoms with Gasteiger partial charge in [-0.3, -0.25) is 15.0 Å². The number of rotatable bonds is 5. The van der Waals surface area contributed by atoms with Crippen molar-refractivity contribution < 1.29 is 36.3 Å². The van der Waals surface area contributed by atoms with Crippen LogP contribution in [-0.2, 0) is 25.7 Å². The quantitative estimate of drug-likeness (QED) is 0.469. The first kappa shape index (κ1) is 25.5. The van der Waals surface area contributed by atoms with Crippen molar-refractivity contribution in [1.29, 1.82) is 0 Å². The van der Waals surface area contributed by atoms with Crippen LogP contribution in [0.4, 0.5) is 13.2 Å². The summed E-state index contributed by atoms with van der Waals surface area (Å²) in [5.74, 6) is -0.941. The van der Waals surface area contributed by atoms with Crippen LogP contribution >= 0.6 is 0 Å². The smallest absolute Gasteiger partial charge is 0.381 e. The van der Waals surface area contributed by atoms with Gasteiger partial charge in [-0.15, -0.1) is 0 Å². The number of sulfonamides is 1. The lowest BCUT2D eigenvalue weighted by Gasteiger charge is -2.40. The Morgan fingerprint density at radius 3 is 2.17 bits per heavy atom. The zero-order valence-corrected chi connectivity index (χ0v) is 19.6. The van der Waals surface area contributed by atoms with Gasteiger partial charge in [0.15, 0.2) is 4.75 Å². The summed E-state index contributed by atoms with van der Waals surface area (Å²) >= 11 is 0. The third-order valence-corrected chi connectivity index (χ3v) is 9.48. The van der Waals surface area contributed by atoms with Crippen LogP contribution in [-0.4, -0.2) is 59.9 Å². The first-order chi connectivity index (χ1) is 16.6. The van der Waals surface area contributed by atoms with Crippen molar-refractivity contribution in [2.75, 3.05) is 26.3 Å². The van der Waals surface area contributed by atoms with E-state index >= 15 is 0 Å². The number of aromatic nitrogens is 1. The Kier molecular flexibility index (Phi) is 7.18. The zero-order valence-electron chi connectivity index (χ0n) is 18.8. The van der Waals surface area contributed by atoms with Crippen molar-refractivity contribution in [2.24, 2.45) is 0 Å². The van der Waals surface area contributed by atoms with Gasteiger partial charge in [0.25, 0.3) is 5.91 Å². The molecule has 190 valence electrons. The lowest BCUT2D eigenvalue weighted by atomic mass is 9.93. The average molecular weight is 514 g/mol. The van der Waals surface area contributed by atoms with E-state index in [0.717, 1.165) is 17.8 Å². The Morgan fingerprint density at radius 2 is 1.66 bits per heavy atom. The summed E-state index contributed by atoms with van der Waals surface area (Å²) in [7, 11) is -4.04. The van der Waals surface area contributed by atoms with E-state index in [1.54, 1.807) is 18.3 Å². The molecule has 4 rings (SSSR count). The molecule has 2 fully saturated rings. The third-order valence-electron chi connectivity index (χ3n) is 6.85. The van der Waals surface area contributed by atoms with Crippen LogP contribution in [0, 0.1) is 0 Å². The van der Waals surface area contributed by atoms with Gasteiger partial charge in [0, 0.05) is 62.5 Å². The molecule has 0 saturated carbocycles. The number of nitrogens with zero attached hydrogens (tertiary/aromatic N) is 2. The Labute approximate surface area is 201 Å². The summed E-state index contributed by atoms with van der Waals surface area (Å²) in [6.45, 7) is 0.629. The number of hydrogen-bond acceptors (Lipinski definition) is 6. The van der Waals surface area contributed by atoms with Crippen molar-refractivity contribution in [3.8, 4) is 11.1 Å². The van der Waals surface area contributed by atoms with Gasteiger partial charge in [-0.2, -0.15) is 13.2 Å². The van der Waals surface area contributed by atoms with E-state index in [1.165, 1.54) is 21.9 Å². The van der Waals surface area contributed by atoms with Gasteiger partial charge in [0.1, 0.15) is 0 Å². The minimum Gasteiger partial charge on any atom is -0.381 e. The van der Waals surface area contributed by atoms with Crippen LogP contribution in [0.25, 0.3) is 11.1 Å². The van der Waals surface area contributed by atoms with Gasteiger partial charge in [0.05, 0.1) is 5.56 Å². The molecule has 1 amide bonds. The number of pyridine rings is 1. The fourth-order valence-electron chi connectivity index (χ4n) is 4.71. The molecule has 0 spiro atoms. The highest BCUT2D eigenvalue weighted by molar-refractivity contribution is 7.91. The Bertz CT molecular complexity index is 1140. The molecule has 2 aliphatic heterocycles. The Morgan fingerprint density at radius 1 is 1.06 bits per heavy atom. The molecule has 0 aliphatic carbocycles. The molecule has 35 heavy (non-hydrogen) atoms. The topological polar surface area (TPSA) is 109 Å². The van der Waals surface area contributed by atoms with Crippen LogP contribution in [0.2, 0.25) is 0 Å². The van der Waals surface area contributed by atoms with E-state index < -0.39 is 32.4 Å². The number of benzene rings is 1. The molecule has 3 heterocycles. The maximum atomic E-state index is 13.4. The molecular formula is C23H26F3N3O5S. The van der Waals surface area contributed by atoms with Gasteiger partial charge in [0.2, 0.25) is 10.0 Å². The van der Waals surface area contributed by atoms with Crippen molar-refractivity contribution in [1.82, 2.24) is 14.8 Å². The summed E-state index contributed by atoms with van der Waals surface area (Å²) in [5.41, 5.74) is 2.86. The summed E-state index contributed by atoms with van der Waals surface area (Å²) in [4.78, 5) is 16.9. The Balaban J connectivity index is 1.43. The van der Waals surface area contributed by atoms with E-state index in [4.69, 9.17) is 4.74 Å². The minimum atomic E-state index is -4.39. The number of hydrogen-bond donors (Lipinski definition) is 2. The minimum absolute atomic E-state index is 0.000382. The standard InChI is InChI=1S/C23H26F3N3O5S/c24-23(25,26)19-4-1-16(2-5-19)18-3-6-20(27-15-18)17-7-11-29(12-8-17)35(32,33)22(21(30)28-31)9-13-34-14-10-22/h1-6,15,17,31H,7-14H2,(H,28,30). The number of amides is 1. The lowest BCUT2D eigenvalue weighted by molar-refractivity contribution is -0.137. The third kappa shape index (κ3) is 4.92. The first-order valence-electron chi connectivity index (χ1n) is 11.2. The van der Waals surface area contributed by atoms with Gasteiger partial charge < -0.3 is 4.74 Å². The molecule has 0 unspecified atom stereocenters. The second-order valence-electron chi connectivity index (χ2n) is 8.77. The number of hydroxylamine groups is 1. The van der Waals surface area contributed by atoms with E-state index in [9.17, 15) is 31.6 Å². The number of carbonyl (C=O) groups is 1.